The summed E-state index contributed by atoms with van der Waals surface area (Å²) in [7, 11) is 0. The third-order valence-corrected chi connectivity index (χ3v) is 2.16. The zero-order valence-corrected chi connectivity index (χ0v) is 7.91. The molecule has 0 aromatic rings. The van der Waals surface area contributed by atoms with Crippen molar-refractivity contribution in [3.8, 4) is 0 Å². The van der Waals surface area contributed by atoms with Crippen LogP contribution in [-0.4, -0.2) is 48.6 Å². The molecule has 1 heterocycles. The molecule has 1 saturated heterocycles. The normalized spacial score (nSPS) is 17.5. The predicted octanol–water partition coefficient (Wildman–Crippen LogP) is -1.26. The molecule has 1 fully saturated rings. The van der Waals surface area contributed by atoms with E-state index >= 15 is 0 Å². The number of nitrogens with two attached hydrogens (primary N) is 2. The first-order chi connectivity index (χ1) is 6.29. The highest BCUT2D eigenvalue weighted by atomic mass is 16.2. The standard InChI is InChI=1S/C8H18N4O/c9-3-6-11(7-4-10)12-5-1-2-8(12)13/h1-7,9-10H2. The second-order valence-corrected chi connectivity index (χ2v) is 3.15. The molecule has 1 amide bonds. The van der Waals surface area contributed by atoms with Crippen molar-refractivity contribution < 1.29 is 4.79 Å². The van der Waals surface area contributed by atoms with Gasteiger partial charge in [-0.2, -0.15) is 0 Å². The van der Waals surface area contributed by atoms with Crippen molar-refractivity contribution in [2.75, 3.05) is 32.7 Å². The lowest BCUT2D eigenvalue weighted by Crippen LogP contribution is -2.47. The predicted molar refractivity (Wildman–Crippen MR) is 50.6 cm³/mol. The molecule has 0 saturated carbocycles. The quantitative estimate of drug-likeness (QED) is 0.562. The van der Waals surface area contributed by atoms with Gasteiger partial charge in [-0.15, -0.1) is 0 Å². The lowest BCUT2D eigenvalue weighted by Gasteiger charge is -2.30. The van der Waals surface area contributed by atoms with E-state index < -0.39 is 0 Å². The Hall–Kier alpha value is -0.650. The van der Waals surface area contributed by atoms with Crippen LogP contribution < -0.4 is 11.5 Å². The molecule has 0 aliphatic carbocycles. The molecule has 1 rings (SSSR count). The number of carbonyl (C=O) groups excluding carboxylic acids is 1. The first-order valence-corrected chi connectivity index (χ1v) is 4.75. The smallest absolute Gasteiger partial charge is 0.236 e. The minimum atomic E-state index is 0.196. The summed E-state index contributed by atoms with van der Waals surface area (Å²) in [6.07, 6.45) is 1.61. The lowest BCUT2D eigenvalue weighted by atomic mass is 10.4. The highest BCUT2D eigenvalue weighted by Crippen LogP contribution is 2.11. The highest BCUT2D eigenvalue weighted by molar-refractivity contribution is 5.77. The zero-order chi connectivity index (χ0) is 9.68. The highest BCUT2D eigenvalue weighted by Gasteiger charge is 2.24. The van der Waals surface area contributed by atoms with E-state index in [0.29, 0.717) is 32.6 Å². The Morgan fingerprint density at radius 2 is 1.92 bits per heavy atom. The van der Waals surface area contributed by atoms with Crippen LogP contribution in [0, 0.1) is 0 Å². The summed E-state index contributed by atoms with van der Waals surface area (Å²) in [5, 5.41) is 3.73. The monoisotopic (exact) mass is 186 g/mol. The molecule has 5 heteroatoms. The van der Waals surface area contributed by atoms with Crippen LogP contribution >= 0.6 is 0 Å². The Labute approximate surface area is 78.6 Å². The fourth-order valence-corrected chi connectivity index (χ4v) is 1.58. The van der Waals surface area contributed by atoms with E-state index in [4.69, 9.17) is 11.5 Å². The number of carbonyl (C=O) groups is 1. The van der Waals surface area contributed by atoms with Crippen molar-refractivity contribution in [2.24, 2.45) is 11.5 Å². The van der Waals surface area contributed by atoms with Crippen molar-refractivity contribution in [1.82, 2.24) is 10.0 Å². The van der Waals surface area contributed by atoms with E-state index in [2.05, 4.69) is 0 Å². The maximum Gasteiger partial charge on any atom is 0.236 e. The van der Waals surface area contributed by atoms with Gasteiger partial charge in [-0.25, -0.2) is 5.01 Å². The maximum absolute atomic E-state index is 11.4. The Morgan fingerprint density at radius 3 is 2.31 bits per heavy atom. The third-order valence-electron chi connectivity index (χ3n) is 2.16. The van der Waals surface area contributed by atoms with Crippen molar-refractivity contribution >= 4 is 5.91 Å². The summed E-state index contributed by atoms with van der Waals surface area (Å²) in [5.74, 6) is 0.196. The molecule has 0 radical (unpaired) electrons. The number of nitrogens with zero attached hydrogens (tertiary/aromatic N) is 2. The molecule has 13 heavy (non-hydrogen) atoms. The average Bonchev–Trinajstić information content (AvgIpc) is 2.51. The van der Waals surface area contributed by atoms with E-state index in [9.17, 15) is 4.79 Å². The molecule has 1 aliphatic rings. The third kappa shape index (κ3) is 2.65. The van der Waals surface area contributed by atoms with Crippen molar-refractivity contribution in [3.63, 3.8) is 0 Å². The largest absolute Gasteiger partial charge is 0.329 e. The Bertz CT molecular complexity index is 168. The van der Waals surface area contributed by atoms with E-state index in [-0.39, 0.29) is 5.91 Å². The molecule has 1 aliphatic heterocycles. The molecule has 0 bridgehead atoms. The van der Waals surface area contributed by atoms with Crippen LogP contribution in [0.2, 0.25) is 0 Å². The van der Waals surface area contributed by atoms with Crippen LogP contribution in [0.3, 0.4) is 0 Å². The molecule has 4 N–H and O–H groups in total. The topological polar surface area (TPSA) is 75.6 Å². The molecule has 0 aromatic heterocycles. The summed E-state index contributed by atoms with van der Waals surface area (Å²) in [6, 6.07) is 0. The van der Waals surface area contributed by atoms with Crippen molar-refractivity contribution in [1.29, 1.82) is 0 Å². The average molecular weight is 186 g/mol. The molecule has 76 valence electrons. The van der Waals surface area contributed by atoms with Crippen LogP contribution in [0.5, 0.6) is 0 Å². The van der Waals surface area contributed by atoms with Gasteiger partial charge < -0.3 is 11.5 Å². The van der Waals surface area contributed by atoms with Gasteiger partial charge in [-0.3, -0.25) is 9.80 Å². The molecule has 0 aromatic carbocycles. The SMILES string of the molecule is NCCN(CCN)N1CCCC1=O. The van der Waals surface area contributed by atoms with E-state index in [1.807, 2.05) is 5.01 Å². The molecule has 0 spiro atoms. The number of hydrazine groups is 1. The zero-order valence-electron chi connectivity index (χ0n) is 7.91. The maximum atomic E-state index is 11.4. The van der Waals surface area contributed by atoms with Gasteiger partial charge in [0, 0.05) is 39.1 Å². The fourth-order valence-electron chi connectivity index (χ4n) is 1.58. The van der Waals surface area contributed by atoms with Crippen LogP contribution in [-0.2, 0) is 4.79 Å². The minimum absolute atomic E-state index is 0.196. The summed E-state index contributed by atoms with van der Waals surface area (Å²) < 4.78 is 0. The van der Waals surface area contributed by atoms with Crippen molar-refractivity contribution in [2.45, 2.75) is 12.8 Å². The van der Waals surface area contributed by atoms with Gasteiger partial charge in [0.25, 0.3) is 0 Å². The summed E-state index contributed by atoms with van der Waals surface area (Å²) >= 11 is 0. The van der Waals surface area contributed by atoms with E-state index in [1.54, 1.807) is 5.01 Å². The van der Waals surface area contributed by atoms with Crippen LogP contribution in [0.1, 0.15) is 12.8 Å². The lowest BCUT2D eigenvalue weighted by molar-refractivity contribution is -0.142. The second-order valence-electron chi connectivity index (χ2n) is 3.15. The summed E-state index contributed by atoms with van der Waals surface area (Å²) in [6.45, 7) is 3.36. The first kappa shape index (κ1) is 10.4. The summed E-state index contributed by atoms with van der Waals surface area (Å²) in [5.41, 5.74) is 10.9. The van der Waals surface area contributed by atoms with E-state index in [1.165, 1.54) is 0 Å². The molecular formula is C8H18N4O. The minimum Gasteiger partial charge on any atom is -0.329 e. The second kappa shape index (κ2) is 5.16. The molecule has 5 nitrogen and oxygen atoms in total. The van der Waals surface area contributed by atoms with Gasteiger partial charge in [0.15, 0.2) is 0 Å². The van der Waals surface area contributed by atoms with Gasteiger partial charge in [0.1, 0.15) is 0 Å². The Morgan fingerprint density at radius 1 is 1.31 bits per heavy atom. The van der Waals surface area contributed by atoms with Crippen LogP contribution in [0.15, 0.2) is 0 Å². The Balaban J connectivity index is 2.47. The molecular weight excluding hydrogens is 168 g/mol. The molecule has 0 unspecified atom stereocenters. The van der Waals surface area contributed by atoms with Crippen LogP contribution in [0.4, 0.5) is 0 Å². The Kier molecular flexibility index (Phi) is 4.14. The summed E-state index contributed by atoms with van der Waals surface area (Å²) in [4.78, 5) is 11.4. The van der Waals surface area contributed by atoms with Gasteiger partial charge in [0.05, 0.1) is 0 Å². The van der Waals surface area contributed by atoms with E-state index in [0.717, 1.165) is 13.0 Å². The fraction of sp³-hybridized carbons (Fsp3) is 0.875. The van der Waals surface area contributed by atoms with Crippen LogP contribution in [0.25, 0.3) is 0 Å². The van der Waals surface area contributed by atoms with Gasteiger partial charge in [-0.1, -0.05) is 0 Å². The number of hydrogen-bond acceptors (Lipinski definition) is 4. The van der Waals surface area contributed by atoms with Gasteiger partial charge >= 0.3 is 0 Å². The first-order valence-electron chi connectivity index (χ1n) is 4.75. The molecule has 0 atom stereocenters. The number of amides is 1. The number of rotatable bonds is 5. The van der Waals surface area contributed by atoms with Gasteiger partial charge in [0.2, 0.25) is 5.91 Å². The number of hydrogen-bond donors (Lipinski definition) is 2. The van der Waals surface area contributed by atoms with Crippen molar-refractivity contribution in [3.05, 3.63) is 0 Å². The van der Waals surface area contributed by atoms with Gasteiger partial charge in [-0.05, 0) is 6.42 Å².